The predicted octanol–water partition coefficient (Wildman–Crippen LogP) is 5.25. The lowest BCUT2D eigenvalue weighted by molar-refractivity contribution is -0.115. The molecule has 0 unspecified atom stereocenters. The summed E-state index contributed by atoms with van der Waals surface area (Å²) < 4.78 is 29.6. The zero-order chi connectivity index (χ0) is 18.5. The molecule has 0 fully saturated rings. The Morgan fingerprint density at radius 3 is 2.69 bits per heavy atom. The van der Waals surface area contributed by atoms with E-state index >= 15 is 0 Å². The molecule has 0 aliphatic rings. The van der Waals surface area contributed by atoms with Gasteiger partial charge in [-0.1, -0.05) is 41.9 Å². The number of nitrogens with zero attached hydrogens (tertiary/aromatic N) is 1. The zero-order valence-electron chi connectivity index (χ0n) is 13.3. The van der Waals surface area contributed by atoms with Crippen LogP contribution in [0.1, 0.15) is 5.56 Å². The van der Waals surface area contributed by atoms with Gasteiger partial charge >= 0.3 is 6.61 Å². The van der Waals surface area contributed by atoms with Crippen LogP contribution in [0.5, 0.6) is 5.75 Å². The molecule has 4 nitrogen and oxygen atoms in total. The Bertz CT molecular complexity index is 917. The van der Waals surface area contributed by atoms with Crippen LogP contribution in [0, 0.1) is 0 Å². The van der Waals surface area contributed by atoms with Gasteiger partial charge in [0.05, 0.1) is 12.1 Å². The molecule has 1 heterocycles. The highest BCUT2D eigenvalue weighted by Gasteiger charge is 2.15. The van der Waals surface area contributed by atoms with Crippen molar-refractivity contribution in [2.45, 2.75) is 13.0 Å². The number of amides is 1. The minimum absolute atomic E-state index is 0.0294. The number of nitrogens with one attached hydrogen (secondary N) is 1. The van der Waals surface area contributed by atoms with Gasteiger partial charge in [-0.3, -0.25) is 4.79 Å². The van der Waals surface area contributed by atoms with E-state index in [0.29, 0.717) is 27.0 Å². The topological polar surface area (TPSA) is 51.2 Å². The Kier molecular flexibility index (Phi) is 5.80. The lowest BCUT2D eigenvalue weighted by atomic mass is 10.1. The molecule has 3 rings (SSSR count). The molecule has 0 aliphatic heterocycles. The van der Waals surface area contributed by atoms with Crippen molar-refractivity contribution in [1.82, 2.24) is 4.98 Å². The molecule has 1 aromatic heterocycles. The van der Waals surface area contributed by atoms with Crippen LogP contribution in [0.15, 0.2) is 53.9 Å². The summed E-state index contributed by atoms with van der Waals surface area (Å²) in [6, 6.07) is 13.4. The second kappa shape index (κ2) is 8.25. The number of thiazole rings is 1. The van der Waals surface area contributed by atoms with E-state index in [-0.39, 0.29) is 18.1 Å². The quantitative estimate of drug-likeness (QED) is 0.621. The Morgan fingerprint density at radius 1 is 1.19 bits per heavy atom. The first-order chi connectivity index (χ1) is 12.5. The molecule has 3 aromatic rings. The SMILES string of the molecule is O=C(Cc1ccccc1Cl)Nc1nc(-c2ccccc2OC(F)F)cs1. The van der Waals surface area contributed by atoms with Crippen molar-refractivity contribution in [1.29, 1.82) is 0 Å². The Morgan fingerprint density at radius 2 is 1.92 bits per heavy atom. The summed E-state index contributed by atoms with van der Waals surface area (Å²) in [5.74, 6) is -0.238. The van der Waals surface area contributed by atoms with Gasteiger partial charge in [-0.25, -0.2) is 4.98 Å². The molecular weight excluding hydrogens is 382 g/mol. The van der Waals surface area contributed by atoms with Crippen LogP contribution in [0.4, 0.5) is 13.9 Å². The first-order valence-corrected chi connectivity index (χ1v) is 8.81. The second-order valence-electron chi connectivity index (χ2n) is 5.23. The summed E-state index contributed by atoms with van der Waals surface area (Å²) in [5, 5.41) is 5.23. The van der Waals surface area contributed by atoms with Gasteiger partial charge in [0.2, 0.25) is 5.91 Å². The fourth-order valence-electron chi connectivity index (χ4n) is 2.31. The number of carbonyl (C=O) groups is 1. The number of hydrogen-bond acceptors (Lipinski definition) is 4. The number of alkyl halides is 2. The van der Waals surface area contributed by atoms with Gasteiger partial charge in [0.25, 0.3) is 0 Å². The van der Waals surface area contributed by atoms with Crippen molar-refractivity contribution in [3.8, 4) is 17.0 Å². The number of ether oxygens (including phenoxy) is 1. The van der Waals surface area contributed by atoms with Crippen molar-refractivity contribution >= 4 is 34.0 Å². The van der Waals surface area contributed by atoms with Crippen LogP contribution in [-0.4, -0.2) is 17.5 Å². The number of aromatic nitrogens is 1. The minimum atomic E-state index is -2.93. The fourth-order valence-corrected chi connectivity index (χ4v) is 3.24. The van der Waals surface area contributed by atoms with Crippen LogP contribution in [0.3, 0.4) is 0 Å². The molecule has 8 heteroatoms. The van der Waals surface area contributed by atoms with E-state index in [1.54, 1.807) is 47.8 Å². The molecule has 0 saturated heterocycles. The van der Waals surface area contributed by atoms with Crippen LogP contribution >= 0.6 is 22.9 Å². The normalized spacial score (nSPS) is 10.8. The second-order valence-corrected chi connectivity index (χ2v) is 6.49. The Balaban J connectivity index is 1.73. The highest BCUT2D eigenvalue weighted by molar-refractivity contribution is 7.14. The maximum absolute atomic E-state index is 12.5. The van der Waals surface area contributed by atoms with E-state index < -0.39 is 6.61 Å². The average molecular weight is 395 g/mol. The molecule has 134 valence electrons. The Labute approximate surface area is 157 Å². The number of hydrogen-bond donors (Lipinski definition) is 1. The van der Waals surface area contributed by atoms with Gasteiger partial charge in [0.15, 0.2) is 5.13 Å². The summed E-state index contributed by atoms with van der Waals surface area (Å²) in [7, 11) is 0. The smallest absolute Gasteiger partial charge is 0.387 e. The van der Waals surface area contributed by atoms with Crippen molar-refractivity contribution in [2.24, 2.45) is 0 Å². The minimum Gasteiger partial charge on any atom is -0.434 e. The number of carbonyl (C=O) groups excluding carboxylic acids is 1. The average Bonchev–Trinajstić information content (AvgIpc) is 3.05. The van der Waals surface area contributed by atoms with Gasteiger partial charge < -0.3 is 10.1 Å². The first-order valence-electron chi connectivity index (χ1n) is 7.56. The molecule has 0 atom stereocenters. The third-order valence-electron chi connectivity index (χ3n) is 3.44. The van der Waals surface area contributed by atoms with Crippen LogP contribution in [0.2, 0.25) is 5.02 Å². The number of anilines is 1. The largest absolute Gasteiger partial charge is 0.434 e. The molecule has 0 bridgehead atoms. The van der Waals surface area contributed by atoms with Crippen molar-refractivity contribution in [3.63, 3.8) is 0 Å². The van der Waals surface area contributed by atoms with Crippen LogP contribution in [-0.2, 0) is 11.2 Å². The molecule has 26 heavy (non-hydrogen) atoms. The maximum Gasteiger partial charge on any atom is 0.387 e. The summed E-state index contributed by atoms with van der Waals surface area (Å²) >= 11 is 7.24. The fraction of sp³-hybridized carbons (Fsp3) is 0.111. The highest BCUT2D eigenvalue weighted by atomic mass is 35.5. The number of rotatable bonds is 6. The van der Waals surface area contributed by atoms with Crippen molar-refractivity contribution < 1.29 is 18.3 Å². The van der Waals surface area contributed by atoms with Crippen molar-refractivity contribution in [2.75, 3.05) is 5.32 Å². The lowest BCUT2D eigenvalue weighted by Crippen LogP contribution is -2.14. The standard InChI is InChI=1S/C18H13ClF2N2O2S/c19-13-7-3-1-5-11(13)9-16(24)23-18-22-14(10-26-18)12-6-2-4-8-15(12)25-17(20)21/h1-8,10,17H,9H2,(H,22,23,24). The highest BCUT2D eigenvalue weighted by Crippen LogP contribution is 2.33. The first kappa shape index (κ1) is 18.3. The van der Waals surface area contributed by atoms with Gasteiger partial charge in [-0.15, -0.1) is 11.3 Å². The number of para-hydroxylation sites is 1. The number of halogens is 3. The van der Waals surface area contributed by atoms with Gasteiger partial charge in [-0.2, -0.15) is 8.78 Å². The van der Waals surface area contributed by atoms with Crippen LogP contribution < -0.4 is 10.1 Å². The summed E-state index contributed by atoms with van der Waals surface area (Å²) in [4.78, 5) is 16.4. The predicted molar refractivity (Wildman–Crippen MR) is 98.0 cm³/mol. The molecule has 2 aromatic carbocycles. The third kappa shape index (κ3) is 4.56. The lowest BCUT2D eigenvalue weighted by Gasteiger charge is -2.08. The van der Waals surface area contributed by atoms with E-state index in [1.165, 1.54) is 17.4 Å². The Hall–Kier alpha value is -2.51. The maximum atomic E-state index is 12.5. The molecule has 1 N–H and O–H groups in total. The molecule has 0 aliphatic carbocycles. The van der Waals surface area contributed by atoms with Gasteiger partial charge in [0, 0.05) is 16.0 Å². The molecule has 1 amide bonds. The summed E-state index contributed by atoms with van der Waals surface area (Å²) in [6.45, 7) is -2.93. The van der Waals surface area contributed by atoms with E-state index in [2.05, 4.69) is 15.0 Å². The van der Waals surface area contributed by atoms with Gasteiger partial charge in [0.1, 0.15) is 5.75 Å². The third-order valence-corrected chi connectivity index (χ3v) is 4.56. The molecule has 0 spiro atoms. The molecule has 0 radical (unpaired) electrons. The monoisotopic (exact) mass is 394 g/mol. The summed E-state index contributed by atoms with van der Waals surface area (Å²) in [6.07, 6.45) is 0.111. The van der Waals surface area contributed by atoms with E-state index in [9.17, 15) is 13.6 Å². The molecular formula is C18H13ClF2N2O2S. The molecule has 0 saturated carbocycles. The van der Waals surface area contributed by atoms with Gasteiger partial charge in [-0.05, 0) is 23.8 Å². The van der Waals surface area contributed by atoms with E-state index in [0.717, 1.165) is 0 Å². The summed E-state index contributed by atoms with van der Waals surface area (Å²) in [5.41, 5.74) is 1.58. The van der Waals surface area contributed by atoms with E-state index in [1.807, 2.05) is 0 Å². The zero-order valence-corrected chi connectivity index (χ0v) is 14.9. The van der Waals surface area contributed by atoms with Crippen molar-refractivity contribution in [3.05, 3.63) is 64.5 Å². The number of benzene rings is 2. The van der Waals surface area contributed by atoms with E-state index in [4.69, 9.17) is 11.6 Å². The van der Waals surface area contributed by atoms with Crippen LogP contribution in [0.25, 0.3) is 11.3 Å².